The van der Waals surface area contributed by atoms with Gasteiger partial charge < -0.3 is 10.8 Å². The first-order chi connectivity index (χ1) is 4.57. The van der Waals surface area contributed by atoms with Crippen LogP contribution in [0.4, 0.5) is 0 Å². The highest BCUT2D eigenvalue weighted by atomic mass is 16.4. The van der Waals surface area contributed by atoms with Crippen LogP contribution in [0.3, 0.4) is 0 Å². The quantitative estimate of drug-likeness (QED) is 0.578. The summed E-state index contributed by atoms with van der Waals surface area (Å²) in [5.74, 6) is -0.795. The van der Waals surface area contributed by atoms with E-state index in [0.29, 0.717) is 0 Å². The van der Waals surface area contributed by atoms with Gasteiger partial charge in [-0.25, -0.2) is 4.79 Å². The van der Waals surface area contributed by atoms with Crippen molar-refractivity contribution in [3.05, 3.63) is 11.8 Å². The second-order valence-corrected chi connectivity index (χ2v) is 2.31. The smallest absolute Gasteiger partial charge is 0.351 e. The maximum atomic E-state index is 10.2. The highest BCUT2D eigenvalue weighted by Gasteiger charge is 2.02. The van der Waals surface area contributed by atoms with Crippen molar-refractivity contribution < 1.29 is 9.90 Å². The lowest BCUT2D eigenvalue weighted by Crippen LogP contribution is -2.11. The van der Waals surface area contributed by atoms with Gasteiger partial charge in [-0.1, -0.05) is 19.9 Å². The van der Waals surface area contributed by atoms with Crippen molar-refractivity contribution in [1.29, 1.82) is 0 Å². The molecule has 3 heteroatoms. The summed E-state index contributed by atoms with van der Waals surface area (Å²) in [6.45, 7) is 3.91. The third-order valence-electron chi connectivity index (χ3n) is 1.35. The number of hydrogen-bond donors (Lipinski definition) is 2. The fourth-order valence-electron chi connectivity index (χ4n) is 0.496. The molecule has 0 aromatic heterocycles. The van der Waals surface area contributed by atoms with Gasteiger partial charge in [0.1, 0.15) is 5.70 Å². The van der Waals surface area contributed by atoms with Crippen LogP contribution in [-0.4, -0.2) is 11.1 Å². The molecule has 0 aliphatic rings. The third-order valence-corrected chi connectivity index (χ3v) is 1.35. The predicted molar refractivity (Wildman–Crippen MR) is 39.4 cm³/mol. The average Bonchev–Trinajstić information content (AvgIpc) is 1.87. The molecular formula is C7H13NO2. The van der Waals surface area contributed by atoms with Gasteiger partial charge in [-0.05, 0) is 12.3 Å². The maximum Gasteiger partial charge on any atom is 0.351 e. The highest BCUT2D eigenvalue weighted by molar-refractivity contribution is 5.85. The number of carboxylic acids is 1. The van der Waals surface area contributed by atoms with Gasteiger partial charge in [0.05, 0.1) is 0 Å². The van der Waals surface area contributed by atoms with E-state index in [1.807, 2.05) is 13.8 Å². The van der Waals surface area contributed by atoms with Gasteiger partial charge in [-0.2, -0.15) is 0 Å². The van der Waals surface area contributed by atoms with Crippen LogP contribution in [-0.2, 0) is 4.79 Å². The van der Waals surface area contributed by atoms with Crippen molar-refractivity contribution >= 4 is 5.97 Å². The zero-order chi connectivity index (χ0) is 8.15. The van der Waals surface area contributed by atoms with E-state index in [4.69, 9.17) is 10.8 Å². The van der Waals surface area contributed by atoms with Gasteiger partial charge in [0, 0.05) is 0 Å². The lowest BCUT2D eigenvalue weighted by atomic mass is 10.1. The number of nitrogens with two attached hydrogens (primary N) is 1. The van der Waals surface area contributed by atoms with Crippen LogP contribution in [0.1, 0.15) is 20.3 Å². The Hall–Kier alpha value is -0.990. The lowest BCUT2D eigenvalue weighted by molar-refractivity contribution is -0.132. The van der Waals surface area contributed by atoms with E-state index in [2.05, 4.69) is 0 Å². The van der Waals surface area contributed by atoms with Crippen molar-refractivity contribution in [2.45, 2.75) is 20.3 Å². The summed E-state index contributed by atoms with van der Waals surface area (Å²) in [5, 5.41) is 8.33. The molecule has 0 rings (SSSR count). The molecule has 0 aliphatic heterocycles. The highest BCUT2D eigenvalue weighted by Crippen LogP contribution is 2.03. The van der Waals surface area contributed by atoms with E-state index in [1.54, 1.807) is 6.08 Å². The predicted octanol–water partition coefficient (Wildman–Crippen LogP) is 0.960. The van der Waals surface area contributed by atoms with Gasteiger partial charge in [-0.3, -0.25) is 0 Å². The first kappa shape index (κ1) is 9.01. The molecule has 0 spiro atoms. The van der Waals surface area contributed by atoms with Crippen LogP contribution in [0.5, 0.6) is 0 Å². The van der Waals surface area contributed by atoms with Crippen LogP contribution >= 0.6 is 0 Å². The van der Waals surface area contributed by atoms with E-state index in [-0.39, 0.29) is 11.6 Å². The Morgan fingerprint density at radius 1 is 1.80 bits per heavy atom. The SMILES string of the molecule is CCC(C)/C=C(\N)C(=O)O. The van der Waals surface area contributed by atoms with E-state index in [0.717, 1.165) is 6.42 Å². The van der Waals surface area contributed by atoms with Gasteiger partial charge >= 0.3 is 5.97 Å². The fraction of sp³-hybridized carbons (Fsp3) is 0.571. The van der Waals surface area contributed by atoms with E-state index in [1.165, 1.54) is 0 Å². The maximum absolute atomic E-state index is 10.2. The van der Waals surface area contributed by atoms with E-state index < -0.39 is 5.97 Å². The Labute approximate surface area is 60.5 Å². The molecule has 1 unspecified atom stereocenters. The van der Waals surface area contributed by atoms with Crippen molar-refractivity contribution in [3.63, 3.8) is 0 Å². The molecule has 3 N–H and O–H groups in total. The summed E-state index contributed by atoms with van der Waals surface area (Å²) < 4.78 is 0. The second kappa shape index (κ2) is 3.93. The number of allylic oxidation sites excluding steroid dienone is 1. The summed E-state index contributed by atoms with van der Waals surface area (Å²) in [7, 11) is 0. The summed E-state index contributed by atoms with van der Waals surface area (Å²) in [5.41, 5.74) is 5.09. The molecule has 0 radical (unpaired) electrons. The topological polar surface area (TPSA) is 63.3 Å². The Kier molecular flexibility index (Phi) is 3.54. The Bertz CT molecular complexity index is 152. The van der Waals surface area contributed by atoms with Crippen LogP contribution < -0.4 is 5.73 Å². The molecule has 0 aliphatic carbocycles. The molecule has 0 aromatic rings. The molecule has 58 valence electrons. The molecule has 0 fully saturated rings. The molecule has 0 saturated carbocycles. The third kappa shape index (κ3) is 3.12. The second-order valence-electron chi connectivity index (χ2n) is 2.31. The van der Waals surface area contributed by atoms with E-state index in [9.17, 15) is 4.79 Å². The summed E-state index contributed by atoms with van der Waals surface area (Å²) in [4.78, 5) is 10.2. The van der Waals surface area contributed by atoms with Crippen molar-refractivity contribution in [3.8, 4) is 0 Å². The van der Waals surface area contributed by atoms with E-state index >= 15 is 0 Å². The number of carbonyl (C=O) groups is 1. The minimum Gasteiger partial charge on any atom is -0.477 e. The molecule has 0 aromatic carbocycles. The van der Waals surface area contributed by atoms with Crippen molar-refractivity contribution in [1.82, 2.24) is 0 Å². The Balaban J connectivity index is 4.02. The monoisotopic (exact) mass is 143 g/mol. The fourth-order valence-corrected chi connectivity index (χ4v) is 0.496. The zero-order valence-corrected chi connectivity index (χ0v) is 6.29. The average molecular weight is 143 g/mol. The molecule has 0 heterocycles. The number of hydrogen-bond acceptors (Lipinski definition) is 2. The molecular weight excluding hydrogens is 130 g/mol. The molecule has 0 amide bonds. The Morgan fingerprint density at radius 2 is 2.30 bits per heavy atom. The van der Waals surface area contributed by atoms with Gasteiger partial charge in [0.15, 0.2) is 0 Å². The number of carboxylic acid groups (broad SMARTS) is 1. The van der Waals surface area contributed by atoms with Gasteiger partial charge in [0.25, 0.3) is 0 Å². The number of rotatable bonds is 3. The standard InChI is InChI=1S/C7H13NO2/c1-3-5(2)4-6(8)7(9)10/h4-5H,3,8H2,1-2H3,(H,9,10)/b6-4-. The van der Waals surface area contributed by atoms with Gasteiger partial charge in [-0.15, -0.1) is 0 Å². The lowest BCUT2D eigenvalue weighted by Gasteiger charge is -2.00. The summed E-state index contributed by atoms with van der Waals surface area (Å²) >= 11 is 0. The van der Waals surface area contributed by atoms with Crippen molar-refractivity contribution in [2.24, 2.45) is 11.7 Å². The van der Waals surface area contributed by atoms with Crippen LogP contribution in [0, 0.1) is 5.92 Å². The van der Waals surface area contributed by atoms with Crippen LogP contribution in [0.2, 0.25) is 0 Å². The number of aliphatic carboxylic acids is 1. The molecule has 0 saturated heterocycles. The Morgan fingerprint density at radius 3 is 2.60 bits per heavy atom. The molecule has 10 heavy (non-hydrogen) atoms. The van der Waals surface area contributed by atoms with Gasteiger partial charge in [0.2, 0.25) is 0 Å². The minimum atomic E-state index is -1.04. The molecule has 0 bridgehead atoms. The largest absolute Gasteiger partial charge is 0.477 e. The van der Waals surface area contributed by atoms with Crippen LogP contribution in [0.25, 0.3) is 0 Å². The minimum absolute atomic E-state index is 0.0608. The molecule has 3 nitrogen and oxygen atoms in total. The summed E-state index contributed by atoms with van der Waals surface area (Å²) in [6, 6.07) is 0. The first-order valence-electron chi connectivity index (χ1n) is 3.28. The molecule has 1 atom stereocenters. The zero-order valence-electron chi connectivity index (χ0n) is 6.29. The summed E-state index contributed by atoms with van der Waals surface area (Å²) in [6.07, 6.45) is 2.47. The van der Waals surface area contributed by atoms with Crippen LogP contribution in [0.15, 0.2) is 11.8 Å². The normalized spacial score (nSPS) is 14.8. The van der Waals surface area contributed by atoms with Crippen molar-refractivity contribution in [2.75, 3.05) is 0 Å². The first-order valence-corrected chi connectivity index (χ1v) is 3.28.